The van der Waals surface area contributed by atoms with Crippen LogP contribution in [0, 0.1) is 17.8 Å². The topological polar surface area (TPSA) is 72.7 Å². The lowest BCUT2D eigenvalue weighted by molar-refractivity contribution is 0.566. The van der Waals surface area contributed by atoms with Gasteiger partial charge in [0.25, 0.3) is 5.56 Å². The van der Waals surface area contributed by atoms with Crippen LogP contribution in [0.3, 0.4) is 0 Å². The second-order valence-electron chi connectivity index (χ2n) is 5.64. The van der Waals surface area contributed by atoms with Gasteiger partial charge in [-0.2, -0.15) is 0 Å². The van der Waals surface area contributed by atoms with Gasteiger partial charge in [-0.15, -0.1) is 0 Å². The molecular weight excluding hydrogens is 268 g/mol. The van der Waals surface area contributed by atoms with Crippen LogP contribution in [-0.4, -0.2) is 19.1 Å². The van der Waals surface area contributed by atoms with Gasteiger partial charge in [-0.05, 0) is 24.7 Å². The Morgan fingerprint density at radius 2 is 1.95 bits per heavy atom. The summed E-state index contributed by atoms with van der Waals surface area (Å²) in [6.45, 7) is 0. The summed E-state index contributed by atoms with van der Waals surface area (Å²) in [5, 5.41) is 0. The predicted octanol–water partition coefficient (Wildman–Crippen LogP) is 0.892. The third-order valence-electron chi connectivity index (χ3n) is 4.20. The highest BCUT2D eigenvalue weighted by molar-refractivity contribution is 5.71. The molecule has 21 heavy (non-hydrogen) atoms. The van der Waals surface area contributed by atoms with Gasteiger partial charge in [0.1, 0.15) is 0 Å². The maximum absolute atomic E-state index is 11.9. The fourth-order valence-electron chi connectivity index (χ4n) is 2.91. The van der Waals surface area contributed by atoms with Crippen molar-refractivity contribution in [2.24, 2.45) is 20.0 Å². The summed E-state index contributed by atoms with van der Waals surface area (Å²) in [5.41, 5.74) is -0.137. The summed E-state index contributed by atoms with van der Waals surface area (Å²) in [6, 6.07) is 0. The van der Waals surface area contributed by atoms with Crippen LogP contribution in [0.15, 0.2) is 9.59 Å². The van der Waals surface area contributed by atoms with E-state index in [0.29, 0.717) is 22.9 Å². The summed E-state index contributed by atoms with van der Waals surface area (Å²) >= 11 is 0. The molecule has 2 aromatic rings. The van der Waals surface area contributed by atoms with E-state index in [9.17, 15) is 9.59 Å². The molecule has 0 aromatic carbocycles. The van der Waals surface area contributed by atoms with E-state index in [1.54, 1.807) is 18.7 Å². The molecule has 0 spiro atoms. The van der Waals surface area contributed by atoms with Crippen molar-refractivity contribution >= 4 is 11.2 Å². The SMILES string of the molecule is Cn1c(C#CCC2CCCC2)nc2c1c(=O)[nH]c(=O)n2C. The Morgan fingerprint density at radius 3 is 2.67 bits per heavy atom. The zero-order chi connectivity index (χ0) is 15.0. The van der Waals surface area contributed by atoms with Crippen molar-refractivity contribution in [1.82, 2.24) is 19.1 Å². The molecule has 2 aromatic heterocycles. The average Bonchev–Trinajstić information content (AvgIpc) is 3.06. The Morgan fingerprint density at radius 1 is 1.24 bits per heavy atom. The second-order valence-corrected chi connectivity index (χ2v) is 5.64. The van der Waals surface area contributed by atoms with E-state index in [1.165, 1.54) is 30.3 Å². The lowest BCUT2D eigenvalue weighted by atomic mass is 10.1. The van der Waals surface area contributed by atoms with Crippen molar-refractivity contribution in [1.29, 1.82) is 0 Å². The van der Waals surface area contributed by atoms with E-state index in [-0.39, 0.29) is 0 Å². The van der Waals surface area contributed by atoms with Crippen LogP contribution in [0.25, 0.3) is 11.2 Å². The predicted molar refractivity (Wildman–Crippen MR) is 80.0 cm³/mol. The molecule has 6 nitrogen and oxygen atoms in total. The average molecular weight is 286 g/mol. The minimum atomic E-state index is -0.462. The molecule has 1 N–H and O–H groups in total. The van der Waals surface area contributed by atoms with Crippen LogP contribution in [-0.2, 0) is 14.1 Å². The molecule has 0 bridgehead atoms. The molecule has 1 aliphatic rings. The number of nitrogens with zero attached hydrogens (tertiary/aromatic N) is 3. The van der Waals surface area contributed by atoms with Gasteiger partial charge in [0, 0.05) is 20.5 Å². The quantitative estimate of drug-likeness (QED) is 0.791. The molecule has 6 heteroatoms. The lowest BCUT2D eigenvalue weighted by Crippen LogP contribution is -2.29. The van der Waals surface area contributed by atoms with E-state index >= 15 is 0 Å². The van der Waals surface area contributed by atoms with Gasteiger partial charge in [0.15, 0.2) is 17.0 Å². The maximum atomic E-state index is 11.9. The smallest absolute Gasteiger partial charge is 0.315 e. The lowest BCUT2D eigenvalue weighted by Gasteiger charge is -2.00. The van der Waals surface area contributed by atoms with Crippen molar-refractivity contribution in [3.8, 4) is 11.8 Å². The standard InChI is InChI=1S/C15H18N4O2/c1-18-11(9-5-8-10-6-3-4-7-10)16-13-12(18)14(20)17-15(21)19(13)2/h10H,3-4,6-8H2,1-2H3,(H,17,20,21). The molecule has 0 unspecified atom stereocenters. The van der Waals surface area contributed by atoms with Gasteiger partial charge < -0.3 is 4.57 Å². The minimum Gasteiger partial charge on any atom is -0.315 e. The van der Waals surface area contributed by atoms with E-state index in [2.05, 4.69) is 21.8 Å². The van der Waals surface area contributed by atoms with Gasteiger partial charge in [0.05, 0.1) is 0 Å². The number of H-pyrrole nitrogens is 1. The number of fused-ring (bicyclic) bond motifs is 1. The molecule has 3 rings (SSSR count). The highest BCUT2D eigenvalue weighted by atomic mass is 16.2. The summed E-state index contributed by atoms with van der Waals surface area (Å²) in [6.07, 6.45) is 5.99. The van der Waals surface area contributed by atoms with Crippen molar-refractivity contribution in [3.05, 3.63) is 26.7 Å². The number of imidazole rings is 1. The van der Waals surface area contributed by atoms with E-state index in [4.69, 9.17) is 0 Å². The first-order valence-electron chi connectivity index (χ1n) is 7.22. The van der Waals surface area contributed by atoms with Crippen molar-refractivity contribution in [2.45, 2.75) is 32.1 Å². The Bertz CT molecular complexity index is 854. The molecule has 0 amide bonds. The van der Waals surface area contributed by atoms with Crippen LogP contribution in [0.1, 0.15) is 37.9 Å². The molecule has 0 saturated heterocycles. The summed E-state index contributed by atoms with van der Waals surface area (Å²) in [4.78, 5) is 30.1. The highest BCUT2D eigenvalue weighted by Gasteiger charge is 2.15. The summed E-state index contributed by atoms with van der Waals surface area (Å²) in [5.74, 6) is 7.42. The van der Waals surface area contributed by atoms with Gasteiger partial charge in [-0.25, -0.2) is 9.78 Å². The van der Waals surface area contributed by atoms with Gasteiger partial charge in [-0.3, -0.25) is 14.3 Å². The molecular formula is C15H18N4O2. The third kappa shape index (κ3) is 2.40. The fourth-order valence-corrected chi connectivity index (χ4v) is 2.91. The van der Waals surface area contributed by atoms with Gasteiger partial charge in [0.2, 0.25) is 0 Å². The second kappa shape index (κ2) is 5.24. The Labute approximate surface area is 121 Å². The number of aryl methyl sites for hydroxylation is 2. The zero-order valence-electron chi connectivity index (χ0n) is 12.3. The number of aromatic amines is 1. The van der Waals surface area contributed by atoms with Crippen molar-refractivity contribution in [2.75, 3.05) is 0 Å². The first-order chi connectivity index (χ1) is 10.1. The minimum absolute atomic E-state index is 0.372. The normalized spacial score (nSPS) is 15.3. The third-order valence-corrected chi connectivity index (χ3v) is 4.20. The summed E-state index contributed by atoms with van der Waals surface area (Å²) in [7, 11) is 3.33. The molecule has 1 fully saturated rings. The number of hydrogen-bond donors (Lipinski definition) is 1. The molecule has 1 aliphatic carbocycles. The number of rotatable bonds is 1. The number of nitrogens with one attached hydrogen (secondary N) is 1. The van der Waals surface area contributed by atoms with Crippen LogP contribution in [0.4, 0.5) is 0 Å². The molecule has 2 heterocycles. The van der Waals surface area contributed by atoms with Crippen molar-refractivity contribution < 1.29 is 0 Å². The molecule has 0 radical (unpaired) electrons. The Hall–Kier alpha value is -2.29. The fraction of sp³-hybridized carbons (Fsp3) is 0.533. The van der Waals surface area contributed by atoms with Gasteiger partial charge in [-0.1, -0.05) is 18.8 Å². The first kappa shape index (κ1) is 13.7. The van der Waals surface area contributed by atoms with Crippen LogP contribution < -0.4 is 11.2 Å². The number of aromatic nitrogens is 4. The van der Waals surface area contributed by atoms with E-state index in [0.717, 1.165) is 6.42 Å². The Balaban J connectivity index is 2.00. The van der Waals surface area contributed by atoms with Gasteiger partial charge >= 0.3 is 5.69 Å². The van der Waals surface area contributed by atoms with E-state index in [1.807, 2.05) is 0 Å². The van der Waals surface area contributed by atoms with Crippen LogP contribution in [0.2, 0.25) is 0 Å². The van der Waals surface area contributed by atoms with E-state index < -0.39 is 11.2 Å². The van der Waals surface area contributed by atoms with Crippen LogP contribution >= 0.6 is 0 Å². The molecule has 0 aliphatic heterocycles. The molecule has 0 atom stereocenters. The highest BCUT2D eigenvalue weighted by Crippen LogP contribution is 2.26. The maximum Gasteiger partial charge on any atom is 0.329 e. The molecule has 1 saturated carbocycles. The first-order valence-corrected chi connectivity index (χ1v) is 7.22. The zero-order valence-corrected chi connectivity index (χ0v) is 12.3. The summed E-state index contributed by atoms with van der Waals surface area (Å²) < 4.78 is 2.98. The van der Waals surface area contributed by atoms with Crippen LogP contribution in [0.5, 0.6) is 0 Å². The largest absolute Gasteiger partial charge is 0.329 e. The number of hydrogen-bond acceptors (Lipinski definition) is 3. The van der Waals surface area contributed by atoms with Crippen molar-refractivity contribution in [3.63, 3.8) is 0 Å². The Kier molecular flexibility index (Phi) is 3.42. The molecule has 110 valence electrons. The monoisotopic (exact) mass is 286 g/mol.